The fraction of sp³-hybridized carbons (Fsp3) is 0.286. The summed E-state index contributed by atoms with van der Waals surface area (Å²) in [6.45, 7) is 0.554. The largest absolute Gasteiger partial charge is 0.396 e. The van der Waals surface area contributed by atoms with Gasteiger partial charge in [-0.3, -0.25) is 9.59 Å². The monoisotopic (exact) mass is 260 g/mol. The Morgan fingerprint density at radius 1 is 1.26 bits per heavy atom. The molecule has 1 amide bonds. The number of benzene rings is 1. The minimum atomic E-state index is -0.384. The van der Waals surface area contributed by atoms with Gasteiger partial charge in [0.05, 0.1) is 0 Å². The molecule has 2 rings (SSSR count). The summed E-state index contributed by atoms with van der Waals surface area (Å²) in [4.78, 5) is 27.0. The SMILES string of the molecule is O=C(NCCCCO)c1c[nH]c2ccccc2c1=O. The molecule has 5 nitrogen and oxygen atoms in total. The lowest BCUT2D eigenvalue weighted by Gasteiger charge is -2.05. The summed E-state index contributed by atoms with van der Waals surface area (Å²) in [6.07, 6.45) is 2.76. The van der Waals surface area contributed by atoms with E-state index in [0.29, 0.717) is 30.3 Å². The van der Waals surface area contributed by atoms with Crippen molar-refractivity contribution < 1.29 is 9.90 Å². The summed E-state index contributed by atoms with van der Waals surface area (Å²) >= 11 is 0. The smallest absolute Gasteiger partial charge is 0.256 e. The van der Waals surface area contributed by atoms with Crippen LogP contribution in [-0.2, 0) is 0 Å². The highest BCUT2D eigenvalue weighted by Gasteiger charge is 2.11. The first kappa shape index (κ1) is 13.3. The van der Waals surface area contributed by atoms with Gasteiger partial charge in [0.15, 0.2) is 0 Å². The number of H-pyrrole nitrogens is 1. The summed E-state index contributed by atoms with van der Waals surface area (Å²) in [6, 6.07) is 7.07. The predicted molar refractivity (Wildman–Crippen MR) is 73.2 cm³/mol. The standard InChI is InChI=1S/C14H16N2O3/c17-8-4-3-7-15-14(19)11-9-16-12-6-2-1-5-10(12)13(11)18/h1-2,5-6,9,17H,3-4,7-8H2,(H,15,19)(H,16,18). The lowest BCUT2D eigenvalue weighted by molar-refractivity contribution is 0.0951. The van der Waals surface area contributed by atoms with Gasteiger partial charge in [-0.05, 0) is 25.0 Å². The van der Waals surface area contributed by atoms with E-state index >= 15 is 0 Å². The van der Waals surface area contributed by atoms with Gasteiger partial charge in [-0.2, -0.15) is 0 Å². The number of fused-ring (bicyclic) bond motifs is 1. The second kappa shape index (κ2) is 6.15. The lowest BCUT2D eigenvalue weighted by Crippen LogP contribution is -2.29. The Hall–Kier alpha value is -2.14. The number of aromatic amines is 1. The Morgan fingerprint density at radius 3 is 2.84 bits per heavy atom. The van der Waals surface area contributed by atoms with Gasteiger partial charge in [0.1, 0.15) is 5.56 Å². The number of pyridine rings is 1. The zero-order valence-electron chi connectivity index (χ0n) is 10.5. The van der Waals surface area contributed by atoms with Gasteiger partial charge in [-0.15, -0.1) is 0 Å². The van der Waals surface area contributed by atoms with Gasteiger partial charge in [0.2, 0.25) is 5.43 Å². The maximum atomic E-state index is 12.1. The molecule has 5 heteroatoms. The van der Waals surface area contributed by atoms with Gasteiger partial charge in [-0.25, -0.2) is 0 Å². The number of rotatable bonds is 5. The van der Waals surface area contributed by atoms with Crippen LogP contribution in [0.2, 0.25) is 0 Å². The molecule has 0 fully saturated rings. The van der Waals surface area contributed by atoms with E-state index < -0.39 is 0 Å². The molecule has 3 N–H and O–H groups in total. The first-order valence-corrected chi connectivity index (χ1v) is 6.23. The van der Waals surface area contributed by atoms with Crippen LogP contribution in [-0.4, -0.2) is 29.1 Å². The third-order valence-electron chi connectivity index (χ3n) is 2.90. The van der Waals surface area contributed by atoms with Crippen molar-refractivity contribution in [1.29, 1.82) is 0 Å². The summed E-state index contributed by atoms with van der Waals surface area (Å²) < 4.78 is 0. The first-order chi connectivity index (χ1) is 9.24. The van der Waals surface area contributed by atoms with Crippen molar-refractivity contribution in [2.24, 2.45) is 0 Å². The molecule has 0 aliphatic carbocycles. The first-order valence-electron chi connectivity index (χ1n) is 6.23. The van der Waals surface area contributed by atoms with Gasteiger partial charge >= 0.3 is 0 Å². The molecule has 19 heavy (non-hydrogen) atoms. The third-order valence-corrected chi connectivity index (χ3v) is 2.90. The number of nitrogens with one attached hydrogen (secondary N) is 2. The molecule has 100 valence electrons. The fourth-order valence-corrected chi connectivity index (χ4v) is 1.87. The fourth-order valence-electron chi connectivity index (χ4n) is 1.87. The Labute approximate surface area is 110 Å². The number of para-hydroxylation sites is 1. The third kappa shape index (κ3) is 3.00. The Bertz CT molecular complexity index is 634. The topological polar surface area (TPSA) is 82.2 Å². The molecule has 1 aromatic carbocycles. The highest BCUT2D eigenvalue weighted by Crippen LogP contribution is 2.06. The van der Waals surface area contributed by atoms with Crippen LogP contribution in [0.3, 0.4) is 0 Å². The van der Waals surface area contributed by atoms with E-state index in [1.807, 2.05) is 6.07 Å². The molecule has 0 aliphatic heterocycles. The molecule has 1 heterocycles. The van der Waals surface area contributed by atoms with E-state index in [9.17, 15) is 9.59 Å². The van der Waals surface area contributed by atoms with Crippen LogP contribution in [0, 0.1) is 0 Å². The highest BCUT2D eigenvalue weighted by atomic mass is 16.3. The summed E-state index contributed by atoms with van der Waals surface area (Å²) in [5.74, 6) is -0.384. The second-order valence-corrected chi connectivity index (χ2v) is 4.26. The van der Waals surface area contributed by atoms with Crippen molar-refractivity contribution in [1.82, 2.24) is 10.3 Å². The number of hydrogen-bond donors (Lipinski definition) is 3. The van der Waals surface area contributed by atoms with E-state index in [2.05, 4.69) is 10.3 Å². The maximum Gasteiger partial charge on any atom is 0.256 e. The van der Waals surface area contributed by atoms with Crippen LogP contribution >= 0.6 is 0 Å². The molecular formula is C14H16N2O3. The van der Waals surface area contributed by atoms with E-state index in [4.69, 9.17) is 5.11 Å². The van der Waals surface area contributed by atoms with Gasteiger partial charge in [-0.1, -0.05) is 12.1 Å². The van der Waals surface area contributed by atoms with Crippen molar-refractivity contribution in [2.45, 2.75) is 12.8 Å². The number of hydrogen-bond acceptors (Lipinski definition) is 3. The highest BCUT2D eigenvalue weighted by molar-refractivity contribution is 5.97. The van der Waals surface area contributed by atoms with Crippen LogP contribution in [0.4, 0.5) is 0 Å². The molecule has 0 spiro atoms. The molecule has 0 bridgehead atoms. The summed E-state index contributed by atoms with van der Waals surface area (Å²) in [5, 5.41) is 11.8. The number of aliphatic hydroxyl groups is 1. The van der Waals surface area contributed by atoms with E-state index in [1.54, 1.807) is 18.2 Å². The molecule has 1 aromatic heterocycles. The van der Waals surface area contributed by atoms with E-state index in [1.165, 1.54) is 6.20 Å². The molecule has 0 unspecified atom stereocenters. The quantitative estimate of drug-likeness (QED) is 0.702. The van der Waals surface area contributed by atoms with Crippen molar-refractivity contribution >= 4 is 16.8 Å². The average molecular weight is 260 g/mol. The van der Waals surface area contributed by atoms with Crippen LogP contribution in [0.25, 0.3) is 10.9 Å². The number of amides is 1. The Balaban J connectivity index is 2.18. The molecule has 0 atom stereocenters. The number of carbonyl (C=O) groups excluding carboxylic acids is 1. The van der Waals surface area contributed by atoms with Crippen LogP contribution in [0.1, 0.15) is 23.2 Å². The van der Waals surface area contributed by atoms with Crippen molar-refractivity contribution in [3.8, 4) is 0 Å². The second-order valence-electron chi connectivity index (χ2n) is 4.26. The molecular weight excluding hydrogens is 244 g/mol. The van der Waals surface area contributed by atoms with E-state index in [-0.39, 0.29) is 23.5 Å². The van der Waals surface area contributed by atoms with Gasteiger partial charge < -0.3 is 15.4 Å². The maximum absolute atomic E-state index is 12.1. The minimum absolute atomic E-state index is 0.104. The zero-order valence-corrected chi connectivity index (χ0v) is 10.5. The normalized spacial score (nSPS) is 10.6. The van der Waals surface area contributed by atoms with Crippen molar-refractivity contribution in [2.75, 3.05) is 13.2 Å². The minimum Gasteiger partial charge on any atom is -0.396 e. The molecule has 2 aromatic rings. The van der Waals surface area contributed by atoms with E-state index in [0.717, 1.165) is 0 Å². The van der Waals surface area contributed by atoms with Gasteiger partial charge in [0.25, 0.3) is 5.91 Å². The molecule has 0 saturated heterocycles. The zero-order chi connectivity index (χ0) is 13.7. The predicted octanol–water partition coefficient (Wildman–Crippen LogP) is 1.03. The summed E-state index contributed by atoms with van der Waals surface area (Å²) in [7, 11) is 0. The van der Waals surface area contributed by atoms with Crippen LogP contribution in [0.5, 0.6) is 0 Å². The number of carbonyl (C=O) groups is 1. The van der Waals surface area contributed by atoms with Gasteiger partial charge in [0, 0.05) is 30.3 Å². The number of aromatic nitrogens is 1. The summed E-state index contributed by atoms with van der Waals surface area (Å²) in [5.41, 5.74) is 0.557. The number of aliphatic hydroxyl groups excluding tert-OH is 1. The Morgan fingerprint density at radius 2 is 2.05 bits per heavy atom. The molecule has 0 radical (unpaired) electrons. The molecule has 0 aliphatic rings. The lowest BCUT2D eigenvalue weighted by atomic mass is 10.1. The molecule has 0 saturated carbocycles. The van der Waals surface area contributed by atoms with Crippen LogP contribution in [0.15, 0.2) is 35.3 Å². The number of unbranched alkanes of at least 4 members (excludes halogenated alkanes) is 1. The van der Waals surface area contributed by atoms with Crippen molar-refractivity contribution in [3.05, 3.63) is 46.2 Å². The Kier molecular flexibility index (Phi) is 4.30. The average Bonchev–Trinajstić information content (AvgIpc) is 2.44. The van der Waals surface area contributed by atoms with Crippen LogP contribution < -0.4 is 10.7 Å². The van der Waals surface area contributed by atoms with Crippen molar-refractivity contribution in [3.63, 3.8) is 0 Å².